The van der Waals surface area contributed by atoms with Crippen molar-refractivity contribution in [2.75, 3.05) is 0 Å². The van der Waals surface area contributed by atoms with E-state index in [4.69, 9.17) is 28.3 Å². The molecule has 88 valence electrons. The summed E-state index contributed by atoms with van der Waals surface area (Å²) in [7, 11) is 0. The smallest absolute Gasteiger partial charge is 0.129 e. The molecule has 0 aliphatic heterocycles. The van der Waals surface area contributed by atoms with Crippen molar-refractivity contribution in [3.8, 4) is 11.1 Å². The molecule has 0 fully saturated rings. The van der Waals surface area contributed by atoms with Crippen LogP contribution in [0.5, 0.6) is 0 Å². The lowest BCUT2D eigenvalue weighted by Gasteiger charge is -2.07. The predicted molar refractivity (Wildman–Crippen MR) is 67.8 cm³/mol. The van der Waals surface area contributed by atoms with E-state index in [2.05, 4.69) is 0 Å². The summed E-state index contributed by atoms with van der Waals surface area (Å²) >= 11 is 11.9. The van der Waals surface area contributed by atoms with Gasteiger partial charge >= 0.3 is 0 Å². The summed E-state index contributed by atoms with van der Waals surface area (Å²) in [6.45, 7) is -0.324. The number of hydrogen-bond donors (Lipinski definition) is 1. The monoisotopic (exact) mass is 270 g/mol. The molecular weight excluding hydrogens is 262 g/mol. The Balaban J connectivity index is 2.54. The molecule has 0 spiro atoms. The Labute approximate surface area is 108 Å². The normalized spacial score (nSPS) is 10.6. The van der Waals surface area contributed by atoms with Gasteiger partial charge in [-0.3, -0.25) is 0 Å². The topological polar surface area (TPSA) is 20.2 Å². The summed E-state index contributed by atoms with van der Waals surface area (Å²) in [5.41, 5.74) is 1.56. The number of benzene rings is 2. The summed E-state index contributed by atoms with van der Waals surface area (Å²) in [4.78, 5) is 0. The van der Waals surface area contributed by atoms with Gasteiger partial charge in [0, 0.05) is 11.1 Å². The van der Waals surface area contributed by atoms with E-state index in [1.807, 2.05) is 0 Å². The predicted octanol–water partition coefficient (Wildman–Crippen LogP) is 4.29. The van der Waals surface area contributed by atoms with Crippen LogP contribution in [-0.4, -0.2) is 5.11 Å². The molecule has 17 heavy (non-hydrogen) atoms. The maximum absolute atomic E-state index is 13.5. The number of rotatable bonds is 2. The Morgan fingerprint density at radius 2 is 1.88 bits per heavy atom. The Morgan fingerprint density at radius 1 is 1.12 bits per heavy atom. The van der Waals surface area contributed by atoms with Crippen molar-refractivity contribution >= 4 is 23.2 Å². The standard InChI is InChI=1S/C13H9Cl2FO/c14-11-3-1-2-10(13(11)15)8-4-5-9(7-17)12(16)6-8/h1-6,17H,7H2. The quantitative estimate of drug-likeness (QED) is 0.863. The minimum absolute atomic E-state index is 0.256. The Bertz CT molecular complexity index is 555. The Hall–Kier alpha value is -1.09. The summed E-state index contributed by atoms with van der Waals surface area (Å²) in [6, 6.07) is 9.76. The van der Waals surface area contributed by atoms with Gasteiger partial charge in [-0.05, 0) is 17.7 Å². The molecule has 4 heteroatoms. The van der Waals surface area contributed by atoms with E-state index >= 15 is 0 Å². The van der Waals surface area contributed by atoms with Gasteiger partial charge < -0.3 is 5.11 Å². The molecule has 0 radical (unpaired) electrons. The van der Waals surface area contributed by atoms with Crippen molar-refractivity contribution in [1.29, 1.82) is 0 Å². The van der Waals surface area contributed by atoms with Crippen LogP contribution in [0.25, 0.3) is 11.1 Å². The molecule has 0 atom stereocenters. The lowest BCUT2D eigenvalue weighted by atomic mass is 10.0. The number of aliphatic hydroxyl groups excluding tert-OH is 1. The van der Waals surface area contributed by atoms with E-state index in [-0.39, 0.29) is 12.2 Å². The molecule has 0 saturated carbocycles. The first-order chi connectivity index (χ1) is 8.13. The van der Waals surface area contributed by atoms with Crippen molar-refractivity contribution < 1.29 is 9.50 Å². The molecule has 0 bridgehead atoms. The second kappa shape index (κ2) is 5.05. The number of aliphatic hydroxyl groups is 1. The van der Waals surface area contributed by atoms with Crippen molar-refractivity contribution in [1.82, 2.24) is 0 Å². The zero-order valence-electron chi connectivity index (χ0n) is 8.75. The van der Waals surface area contributed by atoms with Gasteiger partial charge in [-0.15, -0.1) is 0 Å². The fourth-order valence-corrected chi connectivity index (χ4v) is 1.98. The highest BCUT2D eigenvalue weighted by Crippen LogP contribution is 2.33. The van der Waals surface area contributed by atoms with Gasteiger partial charge in [0.05, 0.1) is 16.7 Å². The average Bonchev–Trinajstić information content (AvgIpc) is 2.32. The molecule has 1 N–H and O–H groups in total. The first-order valence-corrected chi connectivity index (χ1v) is 5.72. The van der Waals surface area contributed by atoms with Crippen LogP contribution >= 0.6 is 23.2 Å². The lowest BCUT2D eigenvalue weighted by Crippen LogP contribution is -1.90. The van der Waals surface area contributed by atoms with Crippen LogP contribution < -0.4 is 0 Å². The van der Waals surface area contributed by atoms with E-state index in [9.17, 15) is 4.39 Å². The number of halogens is 3. The van der Waals surface area contributed by atoms with Gasteiger partial charge in [0.2, 0.25) is 0 Å². The van der Waals surface area contributed by atoms with Gasteiger partial charge in [-0.25, -0.2) is 4.39 Å². The summed E-state index contributed by atoms with van der Waals surface area (Å²) in [5, 5.41) is 9.71. The zero-order chi connectivity index (χ0) is 12.4. The third kappa shape index (κ3) is 2.44. The van der Waals surface area contributed by atoms with Crippen LogP contribution in [0, 0.1) is 5.82 Å². The lowest BCUT2D eigenvalue weighted by molar-refractivity contribution is 0.276. The van der Waals surface area contributed by atoms with Crippen LogP contribution in [0.1, 0.15) is 5.56 Å². The largest absolute Gasteiger partial charge is 0.392 e. The maximum atomic E-state index is 13.5. The van der Waals surface area contributed by atoms with Crippen LogP contribution in [-0.2, 0) is 6.61 Å². The van der Waals surface area contributed by atoms with E-state index in [1.54, 1.807) is 24.3 Å². The summed E-state index contributed by atoms with van der Waals surface area (Å²) in [5.74, 6) is -0.457. The maximum Gasteiger partial charge on any atom is 0.129 e. The van der Waals surface area contributed by atoms with E-state index in [0.29, 0.717) is 21.2 Å². The van der Waals surface area contributed by atoms with Crippen molar-refractivity contribution in [3.63, 3.8) is 0 Å². The molecule has 0 aromatic heterocycles. The molecule has 2 aromatic carbocycles. The molecule has 0 unspecified atom stereocenters. The van der Waals surface area contributed by atoms with Crippen LogP contribution in [0.3, 0.4) is 0 Å². The minimum Gasteiger partial charge on any atom is -0.392 e. The van der Waals surface area contributed by atoms with E-state index < -0.39 is 5.82 Å². The third-order valence-corrected chi connectivity index (χ3v) is 3.30. The first-order valence-electron chi connectivity index (χ1n) is 4.97. The second-order valence-electron chi connectivity index (χ2n) is 3.57. The highest BCUT2D eigenvalue weighted by Gasteiger charge is 2.09. The fourth-order valence-electron chi connectivity index (χ4n) is 1.57. The molecule has 2 aromatic rings. The molecule has 0 saturated heterocycles. The molecule has 1 nitrogen and oxygen atoms in total. The second-order valence-corrected chi connectivity index (χ2v) is 4.35. The first kappa shape index (κ1) is 12.4. The molecule has 0 heterocycles. The van der Waals surface area contributed by atoms with Gasteiger partial charge in [-0.1, -0.05) is 47.5 Å². The summed E-state index contributed by atoms with van der Waals surface area (Å²) in [6.07, 6.45) is 0. The SMILES string of the molecule is OCc1ccc(-c2cccc(Cl)c2Cl)cc1F. The van der Waals surface area contributed by atoms with Gasteiger partial charge in [0.1, 0.15) is 5.82 Å². The van der Waals surface area contributed by atoms with Crippen LogP contribution in [0.2, 0.25) is 10.0 Å². The zero-order valence-corrected chi connectivity index (χ0v) is 10.3. The Kier molecular flexibility index (Phi) is 3.67. The third-order valence-electron chi connectivity index (χ3n) is 2.49. The minimum atomic E-state index is -0.457. The van der Waals surface area contributed by atoms with Gasteiger partial charge in [0.15, 0.2) is 0 Å². The average molecular weight is 271 g/mol. The van der Waals surface area contributed by atoms with Crippen molar-refractivity contribution in [3.05, 3.63) is 57.8 Å². The van der Waals surface area contributed by atoms with E-state index in [0.717, 1.165) is 0 Å². The van der Waals surface area contributed by atoms with Crippen molar-refractivity contribution in [2.45, 2.75) is 6.61 Å². The van der Waals surface area contributed by atoms with Crippen LogP contribution in [0.4, 0.5) is 4.39 Å². The molecule has 0 amide bonds. The highest BCUT2D eigenvalue weighted by molar-refractivity contribution is 6.43. The molecule has 2 rings (SSSR count). The highest BCUT2D eigenvalue weighted by atomic mass is 35.5. The molecule has 0 aliphatic rings. The van der Waals surface area contributed by atoms with E-state index in [1.165, 1.54) is 12.1 Å². The fraction of sp³-hybridized carbons (Fsp3) is 0.0769. The van der Waals surface area contributed by atoms with Gasteiger partial charge in [-0.2, -0.15) is 0 Å². The Morgan fingerprint density at radius 3 is 2.53 bits per heavy atom. The summed E-state index contributed by atoms with van der Waals surface area (Å²) < 4.78 is 13.5. The van der Waals surface area contributed by atoms with Crippen LogP contribution in [0.15, 0.2) is 36.4 Å². The molecular formula is C13H9Cl2FO. The van der Waals surface area contributed by atoms with Gasteiger partial charge in [0.25, 0.3) is 0 Å². The number of hydrogen-bond acceptors (Lipinski definition) is 1. The molecule has 0 aliphatic carbocycles. The van der Waals surface area contributed by atoms with Crippen molar-refractivity contribution in [2.24, 2.45) is 0 Å².